The second-order valence-electron chi connectivity index (χ2n) is 3.65. The van der Waals surface area contributed by atoms with Crippen molar-refractivity contribution in [3.05, 3.63) is 27.5 Å². The third kappa shape index (κ3) is 1.70. The highest BCUT2D eigenvalue weighted by atomic mass is 79.9. The Hall–Kier alpha value is -1.07. The monoisotopic (exact) mass is 298 g/mol. The number of rotatable bonds is 2. The van der Waals surface area contributed by atoms with Gasteiger partial charge in [-0.1, -0.05) is 12.1 Å². The summed E-state index contributed by atoms with van der Waals surface area (Å²) in [6.45, 7) is 0. The fourth-order valence-corrected chi connectivity index (χ4v) is 3.43. The molecule has 2 aromatic rings. The van der Waals surface area contributed by atoms with Crippen LogP contribution in [0.15, 0.2) is 22.7 Å². The van der Waals surface area contributed by atoms with Crippen LogP contribution in [0.25, 0.3) is 10.1 Å². The average molecular weight is 299 g/mol. The first kappa shape index (κ1) is 11.4. The molecule has 0 spiro atoms. The SMILES string of the molecule is CN(C)c1c(C(N)=O)sc2c(Br)cccc12. The summed E-state index contributed by atoms with van der Waals surface area (Å²) in [5.41, 5.74) is 6.29. The number of benzene rings is 1. The molecule has 1 heterocycles. The molecule has 3 nitrogen and oxygen atoms in total. The molecule has 0 aliphatic carbocycles. The first-order valence-electron chi connectivity index (χ1n) is 4.70. The van der Waals surface area contributed by atoms with Crippen LogP contribution >= 0.6 is 27.3 Å². The van der Waals surface area contributed by atoms with Gasteiger partial charge in [0, 0.05) is 24.0 Å². The molecule has 1 aromatic carbocycles. The molecule has 0 atom stereocenters. The lowest BCUT2D eigenvalue weighted by Gasteiger charge is -2.12. The normalized spacial score (nSPS) is 10.7. The first-order chi connectivity index (χ1) is 7.52. The van der Waals surface area contributed by atoms with Gasteiger partial charge in [-0.25, -0.2) is 0 Å². The zero-order valence-electron chi connectivity index (χ0n) is 8.95. The number of carbonyl (C=O) groups is 1. The Labute approximate surface area is 106 Å². The van der Waals surface area contributed by atoms with Gasteiger partial charge < -0.3 is 10.6 Å². The second-order valence-corrected chi connectivity index (χ2v) is 5.53. The highest BCUT2D eigenvalue weighted by molar-refractivity contribution is 9.10. The summed E-state index contributed by atoms with van der Waals surface area (Å²) in [5, 5.41) is 1.05. The van der Waals surface area contributed by atoms with Crippen LogP contribution in [0.3, 0.4) is 0 Å². The van der Waals surface area contributed by atoms with Crippen molar-refractivity contribution in [2.75, 3.05) is 19.0 Å². The van der Waals surface area contributed by atoms with Crippen molar-refractivity contribution in [1.82, 2.24) is 0 Å². The molecule has 0 aliphatic rings. The van der Waals surface area contributed by atoms with E-state index < -0.39 is 0 Å². The molecular formula is C11H11BrN2OS. The molecule has 0 radical (unpaired) electrons. The highest BCUT2D eigenvalue weighted by Gasteiger charge is 2.18. The van der Waals surface area contributed by atoms with Gasteiger partial charge in [0.1, 0.15) is 4.88 Å². The third-order valence-electron chi connectivity index (χ3n) is 2.31. The zero-order chi connectivity index (χ0) is 11.9. The number of hydrogen-bond acceptors (Lipinski definition) is 3. The summed E-state index contributed by atoms with van der Waals surface area (Å²) in [7, 11) is 3.82. The zero-order valence-corrected chi connectivity index (χ0v) is 11.4. The van der Waals surface area contributed by atoms with Crippen molar-refractivity contribution in [3.8, 4) is 0 Å². The lowest BCUT2D eigenvalue weighted by Crippen LogP contribution is -2.16. The maximum absolute atomic E-state index is 11.4. The van der Waals surface area contributed by atoms with E-state index in [0.717, 1.165) is 20.2 Å². The smallest absolute Gasteiger partial charge is 0.260 e. The summed E-state index contributed by atoms with van der Waals surface area (Å²) < 4.78 is 2.05. The van der Waals surface area contributed by atoms with E-state index in [9.17, 15) is 4.79 Å². The third-order valence-corrected chi connectivity index (χ3v) is 4.48. The number of thiophene rings is 1. The quantitative estimate of drug-likeness (QED) is 0.927. The van der Waals surface area contributed by atoms with Gasteiger partial charge in [-0.05, 0) is 22.0 Å². The van der Waals surface area contributed by atoms with Gasteiger partial charge in [-0.15, -0.1) is 11.3 Å². The van der Waals surface area contributed by atoms with Gasteiger partial charge in [-0.2, -0.15) is 0 Å². The summed E-state index contributed by atoms with van der Waals surface area (Å²) in [4.78, 5) is 13.9. The van der Waals surface area contributed by atoms with Gasteiger partial charge in [0.05, 0.1) is 10.4 Å². The Morgan fingerprint density at radius 3 is 2.69 bits per heavy atom. The number of amides is 1. The maximum Gasteiger partial charge on any atom is 0.260 e. The molecule has 2 rings (SSSR count). The average Bonchev–Trinajstić information content (AvgIpc) is 2.58. The lowest BCUT2D eigenvalue weighted by molar-refractivity contribution is 0.100. The van der Waals surface area contributed by atoms with Crippen molar-refractivity contribution < 1.29 is 4.79 Å². The molecule has 5 heteroatoms. The maximum atomic E-state index is 11.4. The Bertz CT molecular complexity index is 562. The summed E-state index contributed by atoms with van der Waals surface area (Å²) in [5.74, 6) is -0.378. The molecule has 1 aromatic heterocycles. The number of carbonyl (C=O) groups excluding carboxylic acids is 1. The molecule has 0 saturated heterocycles. The summed E-state index contributed by atoms with van der Waals surface area (Å²) in [6.07, 6.45) is 0. The van der Waals surface area contributed by atoms with Gasteiger partial charge >= 0.3 is 0 Å². The van der Waals surface area contributed by atoms with Crippen molar-refractivity contribution in [3.63, 3.8) is 0 Å². The molecule has 0 fully saturated rings. The van der Waals surface area contributed by atoms with E-state index in [1.165, 1.54) is 11.3 Å². The van der Waals surface area contributed by atoms with E-state index in [-0.39, 0.29) is 5.91 Å². The van der Waals surface area contributed by atoms with E-state index in [2.05, 4.69) is 15.9 Å². The Morgan fingerprint density at radius 1 is 1.44 bits per heavy atom. The minimum absolute atomic E-state index is 0.378. The van der Waals surface area contributed by atoms with Crippen LogP contribution in [0.1, 0.15) is 9.67 Å². The van der Waals surface area contributed by atoms with E-state index in [0.29, 0.717) is 4.88 Å². The number of hydrogen-bond donors (Lipinski definition) is 1. The second kappa shape index (κ2) is 4.07. The summed E-state index contributed by atoms with van der Waals surface area (Å²) >= 11 is 4.91. The number of anilines is 1. The molecule has 84 valence electrons. The van der Waals surface area contributed by atoms with Crippen molar-refractivity contribution in [1.29, 1.82) is 0 Å². The molecule has 0 saturated carbocycles. The van der Waals surface area contributed by atoms with Crippen molar-refractivity contribution >= 4 is 48.9 Å². The largest absolute Gasteiger partial charge is 0.376 e. The van der Waals surface area contributed by atoms with Gasteiger partial charge in [0.2, 0.25) is 0 Å². The van der Waals surface area contributed by atoms with Gasteiger partial charge in [0.15, 0.2) is 0 Å². The van der Waals surface area contributed by atoms with Gasteiger partial charge in [-0.3, -0.25) is 4.79 Å². The van der Waals surface area contributed by atoms with Crippen LogP contribution in [0.4, 0.5) is 5.69 Å². The van der Waals surface area contributed by atoms with Crippen LogP contribution in [-0.2, 0) is 0 Å². The summed E-state index contributed by atoms with van der Waals surface area (Å²) in [6, 6.07) is 5.92. The highest BCUT2D eigenvalue weighted by Crippen LogP contribution is 2.40. The van der Waals surface area contributed by atoms with E-state index >= 15 is 0 Å². The van der Waals surface area contributed by atoms with E-state index in [4.69, 9.17) is 5.73 Å². The predicted octanol–water partition coefficient (Wildman–Crippen LogP) is 2.83. The Balaban J connectivity index is 2.86. The Kier molecular flexibility index (Phi) is 2.90. The number of fused-ring (bicyclic) bond motifs is 1. The Morgan fingerprint density at radius 2 is 2.12 bits per heavy atom. The molecule has 0 bridgehead atoms. The minimum Gasteiger partial charge on any atom is -0.376 e. The molecule has 0 unspecified atom stereocenters. The molecular weight excluding hydrogens is 288 g/mol. The molecule has 1 amide bonds. The molecule has 16 heavy (non-hydrogen) atoms. The predicted molar refractivity (Wildman–Crippen MR) is 72.4 cm³/mol. The van der Waals surface area contributed by atoms with E-state index in [1.807, 2.05) is 37.2 Å². The topological polar surface area (TPSA) is 46.3 Å². The van der Waals surface area contributed by atoms with Crippen molar-refractivity contribution in [2.45, 2.75) is 0 Å². The number of nitrogens with two attached hydrogens (primary N) is 1. The fourth-order valence-electron chi connectivity index (χ4n) is 1.68. The number of nitrogens with zero attached hydrogens (tertiary/aromatic N) is 1. The van der Waals surface area contributed by atoms with Crippen LogP contribution in [0.2, 0.25) is 0 Å². The minimum atomic E-state index is -0.378. The van der Waals surface area contributed by atoms with Gasteiger partial charge in [0.25, 0.3) is 5.91 Å². The number of halogens is 1. The first-order valence-corrected chi connectivity index (χ1v) is 6.31. The number of primary amides is 1. The van der Waals surface area contributed by atoms with Crippen LogP contribution in [0.5, 0.6) is 0 Å². The standard InChI is InChI=1S/C11H11BrN2OS/c1-14(2)8-6-4-3-5-7(12)9(6)16-10(8)11(13)15/h3-5H,1-2H3,(H2,13,15). The van der Waals surface area contributed by atoms with Crippen LogP contribution < -0.4 is 10.6 Å². The van der Waals surface area contributed by atoms with E-state index in [1.54, 1.807) is 0 Å². The lowest BCUT2D eigenvalue weighted by atomic mass is 10.2. The van der Waals surface area contributed by atoms with Crippen LogP contribution in [-0.4, -0.2) is 20.0 Å². The molecule has 2 N–H and O–H groups in total. The fraction of sp³-hybridized carbons (Fsp3) is 0.182. The molecule has 0 aliphatic heterocycles. The van der Waals surface area contributed by atoms with Crippen LogP contribution in [0, 0.1) is 0 Å². The van der Waals surface area contributed by atoms with Crippen molar-refractivity contribution in [2.24, 2.45) is 5.73 Å².